The van der Waals surface area contributed by atoms with Crippen LogP contribution in [-0.4, -0.2) is 39.7 Å². The van der Waals surface area contributed by atoms with Crippen molar-refractivity contribution in [1.82, 2.24) is 14.7 Å². The van der Waals surface area contributed by atoms with Crippen molar-refractivity contribution in [3.05, 3.63) is 95.9 Å². The van der Waals surface area contributed by atoms with Crippen molar-refractivity contribution in [2.45, 2.75) is 27.7 Å². The Hall–Kier alpha value is -4.46. The highest BCUT2D eigenvalue weighted by molar-refractivity contribution is 5.99. The molecule has 4 aromatic rings. The first-order valence-electron chi connectivity index (χ1n) is 12.6. The normalized spacial score (nSPS) is 10.9. The first-order valence-corrected chi connectivity index (χ1v) is 12.6. The van der Waals surface area contributed by atoms with Crippen LogP contribution in [-0.2, 0) is 4.79 Å². The zero-order valence-electron chi connectivity index (χ0n) is 22.0. The molecule has 0 aliphatic carbocycles. The molecule has 4 rings (SSSR count). The van der Waals surface area contributed by atoms with E-state index in [-0.39, 0.29) is 24.1 Å². The van der Waals surface area contributed by atoms with Gasteiger partial charge in [-0.25, -0.2) is 13.9 Å². The molecule has 3 amide bonds. The number of nitrogens with zero attached hydrogens (tertiary/aromatic N) is 3. The van der Waals surface area contributed by atoms with E-state index in [4.69, 9.17) is 5.10 Å². The lowest BCUT2D eigenvalue weighted by Gasteiger charge is -2.24. The van der Waals surface area contributed by atoms with Crippen LogP contribution in [0.2, 0.25) is 0 Å². The minimum absolute atomic E-state index is 0.0612. The lowest BCUT2D eigenvalue weighted by atomic mass is 10.1. The Kier molecular flexibility index (Phi) is 8.21. The van der Waals surface area contributed by atoms with Crippen molar-refractivity contribution in [1.29, 1.82) is 0 Å². The molecular weight excluding hydrogens is 481 g/mol. The van der Waals surface area contributed by atoms with Crippen LogP contribution in [0.3, 0.4) is 0 Å². The molecule has 0 spiro atoms. The molecule has 0 fully saturated rings. The van der Waals surface area contributed by atoms with Crippen molar-refractivity contribution >= 4 is 23.4 Å². The number of anilines is 2. The quantitative estimate of drug-likeness (QED) is 0.285. The van der Waals surface area contributed by atoms with Gasteiger partial charge in [-0.15, -0.1) is 0 Å². The maximum absolute atomic E-state index is 14.1. The summed E-state index contributed by atoms with van der Waals surface area (Å²) in [5.41, 5.74) is 4.43. The fourth-order valence-corrected chi connectivity index (χ4v) is 4.23. The van der Waals surface area contributed by atoms with Crippen LogP contribution in [0.25, 0.3) is 16.8 Å². The summed E-state index contributed by atoms with van der Waals surface area (Å²) in [6.45, 7) is 7.90. The van der Waals surface area contributed by atoms with Gasteiger partial charge in [0.25, 0.3) is 0 Å². The Morgan fingerprint density at radius 1 is 0.921 bits per heavy atom. The first kappa shape index (κ1) is 26.6. The smallest absolute Gasteiger partial charge is 0.315 e. The van der Waals surface area contributed by atoms with Crippen LogP contribution < -0.4 is 10.6 Å². The molecule has 196 valence electrons. The summed E-state index contributed by atoms with van der Waals surface area (Å²) in [6, 6.07) is 23.0. The van der Waals surface area contributed by atoms with E-state index >= 15 is 0 Å². The predicted octanol–water partition coefficient (Wildman–Crippen LogP) is 6.42. The summed E-state index contributed by atoms with van der Waals surface area (Å²) in [4.78, 5) is 27.8. The lowest BCUT2D eigenvalue weighted by molar-refractivity contribution is -0.116. The average Bonchev–Trinajstić information content (AvgIpc) is 3.21. The van der Waals surface area contributed by atoms with E-state index in [2.05, 4.69) is 10.6 Å². The second kappa shape index (κ2) is 11.7. The van der Waals surface area contributed by atoms with Gasteiger partial charge in [-0.3, -0.25) is 4.79 Å². The fourth-order valence-electron chi connectivity index (χ4n) is 4.23. The maximum atomic E-state index is 14.1. The molecule has 0 bridgehead atoms. The highest BCUT2D eigenvalue weighted by Crippen LogP contribution is 2.33. The van der Waals surface area contributed by atoms with Gasteiger partial charge in [0.15, 0.2) is 0 Å². The summed E-state index contributed by atoms with van der Waals surface area (Å²) in [5.74, 6) is -0.324. The third-order valence-electron chi connectivity index (χ3n) is 5.98. The Bertz CT molecular complexity index is 1410. The SMILES string of the molecule is Cc1ccc(-n2nc(C)c(-c3ccccc3)c2NC(=O)CN(CC(C)C)C(=O)Nc2ccccc2F)cc1. The molecule has 1 aromatic heterocycles. The number of para-hydroxylation sites is 1. The number of hydrogen-bond acceptors (Lipinski definition) is 3. The number of hydrogen-bond donors (Lipinski definition) is 2. The monoisotopic (exact) mass is 513 g/mol. The van der Waals surface area contributed by atoms with Crippen molar-refractivity contribution in [3.63, 3.8) is 0 Å². The molecule has 7 nitrogen and oxygen atoms in total. The molecule has 38 heavy (non-hydrogen) atoms. The second-order valence-electron chi connectivity index (χ2n) is 9.65. The Morgan fingerprint density at radius 3 is 2.24 bits per heavy atom. The number of carbonyl (C=O) groups excluding carboxylic acids is 2. The summed E-state index contributed by atoms with van der Waals surface area (Å²) >= 11 is 0. The molecule has 0 aliphatic rings. The molecule has 0 atom stereocenters. The third-order valence-corrected chi connectivity index (χ3v) is 5.98. The maximum Gasteiger partial charge on any atom is 0.322 e. The highest BCUT2D eigenvalue weighted by Gasteiger charge is 2.24. The number of carbonyl (C=O) groups is 2. The van der Waals surface area contributed by atoms with Crippen molar-refractivity contribution < 1.29 is 14.0 Å². The summed E-state index contributed by atoms with van der Waals surface area (Å²) < 4.78 is 15.9. The van der Waals surface area contributed by atoms with Gasteiger partial charge in [0.2, 0.25) is 5.91 Å². The number of benzene rings is 3. The standard InChI is InChI=1S/C30H32FN5O2/c1-20(2)18-35(30(38)32-26-13-9-8-12-25(26)31)19-27(37)33-29-28(23-10-6-5-7-11-23)22(4)34-36(29)24-16-14-21(3)15-17-24/h5-17,20H,18-19H2,1-4H3,(H,32,38)(H,33,37). The van der Waals surface area contributed by atoms with Gasteiger partial charge in [0, 0.05) is 12.1 Å². The van der Waals surface area contributed by atoms with Gasteiger partial charge >= 0.3 is 6.03 Å². The minimum atomic E-state index is -0.551. The second-order valence-corrected chi connectivity index (χ2v) is 9.65. The number of rotatable bonds is 8. The van der Waals surface area contributed by atoms with Crippen molar-refractivity contribution in [2.75, 3.05) is 23.7 Å². The van der Waals surface area contributed by atoms with E-state index < -0.39 is 11.8 Å². The Morgan fingerprint density at radius 2 is 1.58 bits per heavy atom. The number of amides is 3. The highest BCUT2D eigenvalue weighted by atomic mass is 19.1. The zero-order chi connectivity index (χ0) is 27.2. The Balaban J connectivity index is 1.64. The van der Waals surface area contributed by atoms with Crippen LogP contribution in [0.4, 0.5) is 20.7 Å². The largest absolute Gasteiger partial charge is 0.322 e. The summed E-state index contributed by atoms with van der Waals surface area (Å²) in [7, 11) is 0. The summed E-state index contributed by atoms with van der Waals surface area (Å²) in [5, 5.41) is 10.3. The van der Waals surface area contributed by atoms with Crippen LogP contribution in [0.15, 0.2) is 78.9 Å². The molecule has 1 heterocycles. The zero-order valence-corrected chi connectivity index (χ0v) is 22.0. The number of aromatic nitrogens is 2. The van der Waals surface area contributed by atoms with Gasteiger partial charge in [0.1, 0.15) is 18.2 Å². The van der Waals surface area contributed by atoms with Crippen LogP contribution in [0.1, 0.15) is 25.1 Å². The molecule has 0 saturated heterocycles. The molecule has 2 N–H and O–H groups in total. The molecular formula is C30H32FN5O2. The van der Waals surface area contributed by atoms with E-state index in [1.54, 1.807) is 16.8 Å². The molecule has 0 saturated carbocycles. The average molecular weight is 514 g/mol. The number of urea groups is 1. The lowest BCUT2D eigenvalue weighted by Crippen LogP contribution is -2.42. The van der Waals surface area contributed by atoms with Crippen LogP contribution in [0.5, 0.6) is 0 Å². The van der Waals surface area contributed by atoms with Gasteiger partial charge < -0.3 is 15.5 Å². The molecule has 0 radical (unpaired) electrons. The van der Waals surface area contributed by atoms with Crippen LogP contribution in [0, 0.1) is 25.6 Å². The number of nitrogens with one attached hydrogen (secondary N) is 2. The van der Waals surface area contributed by atoms with Gasteiger partial charge in [-0.2, -0.15) is 5.10 Å². The summed E-state index contributed by atoms with van der Waals surface area (Å²) in [6.07, 6.45) is 0. The van der Waals surface area contributed by atoms with E-state index in [9.17, 15) is 14.0 Å². The van der Waals surface area contributed by atoms with Gasteiger partial charge in [-0.1, -0.05) is 74.0 Å². The van der Waals surface area contributed by atoms with Gasteiger partial charge in [-0.05, 0) is 49.6 Å². The Labute approximate surface area is 222 Å². The van der Waals surface area contributed by atoms with E-state index in [0.717, 1.165) is 28.1 Å². The van der Waals surface area contributed by atoms with Gasteiger partial charge in [0.05, 0.1) is 17.1 Å². The number of halogens is 1. The van der Waals surface area contributed by atoms with Crippen molar-refractivity contribution in [2.24, 2.45) is 5.92 Å². The predicted molar refractivity (Wildman–Crippen MR) is 149 cm³/mol. The first-order chi connectivity index (χ1) is 18.2. The molecule has 0 unspecified atom stereocenters. The van der Waals surface area contributed by atoms with Crippen molar-refractivity contribution in [3.8, 4) is 16.8 Å². The molecule has 0 aliphatic heterocycles. The van der Waals surface area contributed by atoms with E-state index in [1.807, 2.05) is 82.3 Å². The number of aryl methyl sites for hydroxylation is 2. The molecule has 3 aromatic carbocycles. The van der Waals surface area contributed by atoms with E-state index in [0.29, 0.717) is 12.4 Å². The third kappa shape index (κ3) is 6.26. The van der Waals surface area contributed by atoms with Crippen LogP contribution >= 0.6 is 0 Å². The molecule has 8 heteroatoms. The fraction of sp³-hybridized carbons (Fsp3) is 0.233. The topological polar surface area (TPSA) is 79.3 Å². The minimum Gasteiger partial charge on any atom is -0.315 e. The van der Waals surface area contributed by atoms with E-state index in [1.165, 1.54) is 17.0 Å².